The van der Waals surface area contributed by atoms with Gasteiger partial charge in [0.25, 0.3) is 11.8 Å². The number of hydrogen-bond donors (Lipinski definition) is 2. The van der Waals surface area contributed by atoms with Crippen molar-refractivity contribution in [2.45, 2.75) is 13.5 Å². The number of carbonyl (C=O) groups is 2. The Morgan fingerprint density at radius 3 is 2.39 bits per heavy atom. The predicted octanol–water partition coefficient (Wildman–Crippen LogP) is 4.33. The van der Waals surface area contributed by atoms with Gasteiger partial charge >= 0.3 is 0 Å². The molecule has 3 aromatic rings. The maximum absolute atomic E-state index is 12.5. The standard InChI is InChI=1S/C28H27N3O5/c1-3-35-26-16-21(15-22(17-29)28(33)30-18-20-7-5-4-6-8-20)9-14-25(26)36-19-27(32)31-23-10-12-24(34-2)13-11-23/h4-16H,3,18-19H2,1-2H3,(H,30,33)(H,31,32)/b22-15+. The number of nitriles is 1. The molecule has 0 fully saturated rings. The van der Waals surface area contributed by atoms with Gasteiger partial charge < -0.3 is 24.8 Å². The lowest BCUT2D eigenvalue weighted by Gasteiger charge is -2.13. The van der Waals surface area contributed by atoms with Crippen molar-refractivity contribution >= 4 is 23.6 Å². The van der Waals surface area contributed by atoms with Crippen LogP contribution in [-0.2, 0) is 16.1 Å². The number of nitrogens with zero attached hydrogens (tertiary/aromatic N) is 1. The molecule has 0 atom stereocenters. The number of carbonyl (C=O) groups excluding carboxylic acids is 2. The van der Waals surface area contributed by atoms with E-state index in [0.29, 0.717) is 41.7 Å². The lowest BCUT2D eigenvalue weighted by Crippen LogP contribution is -2.23. The van der Waals surface area contributed by atoms with Gasteiger partial charge in [-0.1, -0.05) is 36.4 Å². The zero-order valence-corrected chi connectivity index (χ0v) is 20.1. The van der Waals surface area contributed by atoms with E-state index in [1.54, 1.807) is 49.6 Å². The second kappa shape index (κ2) is 13.2. The normalized spacial score (nSPS) is 10.6. The van der Waals surface area contributed by atoms with Crippen molar-refractivity contribution < 1.29 is 23.8 Å². The minimum Gasteiger partial charge on any atom is -0.497 e. The third-order valence-corrected chi connectivity index (χ3v) is 4.97. The summed E-state index contributed by atoms with van der Waals surface area (Å²) in [6.45, 7) is 2.27. The van der Waals surface area contributed by atoms with E-state index in [2.05, 4.69) is 10.6 Å². The summed E-state index contributed by atoms with van der Waals surface area (Å²) in [5.74, 6) is 0.632. The Morgan fingerprint density at radius 2 is 1.72 bits per heavy atom. The molecule has 0 aromatic heterocycles. The molecule has 8 heteroatoms. The second-order valence-corrected chi connectivity index (χ2v) is 7.54. The Bertz CT molecular complexity index is 1250. The highest BCUT2D eigenvalue weighted by molar-refractivity contribution is 6.01. The molecule has 184 valence electrons. The number of benzene rings is 3. The summed E-state index contributed by atoms with van der Waals surface area (Å²) in [7, 11) is 1.57. The van der Waals surface area contributed by atoms with E-state index in [1.807, 2.05) is 43.3 Å². The van der Waals surface area contributed by atoms with Crippen LogP contribution >= 0.6 is 0 Å². The van der Waals surface area contributed by atoms with Gasteiger partial charge in [0.1, 0.15) is 17.4 Å². The number of ether oxygens (including phenoxy) is 3. The zero-order valence-electron chi connectivity index (χ0n) is 20.1. The third-order valence-electron chi connectivity index (χ3n) is 4.97. The van der Waals surface area contributed by atoms with Gasteiger partial charge in [0.15, 0.2) is 18.1 Å². The predicted molar refractivity (Wildman–Crippen MR) is 137 cm³/mol. The lowest BCUT2D eigenvalue weighted by molar-refractivity contribution is -0.118. The van der Waals surface area contributed by atoms with Gasteiger partial charge in [-0.05, 0) is 60.5 Å². The molecule has 2 amide bonds. The first-order valence-corrected chi connectivity index (χ1v) is 11.3. The molecule has 0 aliphatic rings. The summed E-state index contributed by atoms with van der Waals surface area (Å²) in [6.07, 6.45) is 1.48. The van der Waals surface area contributed by atoms with E-state index in [4.69, 9.17) is 14.2 Å². The summed E-state index contributed by atoms with van der Waals surface area (Å²) >= 11 is 0. The molecule has 0 aliphatic heterocycles. The Kier molecular flexibility index (Phi) is 9.48. The summed E-state index contributed by atoms with van der Waals surface area (Å²) in [4.78, 5) is 24.8. The molecule has 36 heavy (non-hydrogen) atoms. The highest BCUT2D eigenvalue weighted by Crippen LogP contribution is 2.29. The molecule has 0 aliphatic carbocycles. The second-order valence-electron chi connectivity index (χ2n) is 7.54. The number of anilines is 1. The van der Waals surface area contributed by atoms with Crippen LogP contribution in [0.3, 0.4) is 0 Å². The van der Waals surface area contributed by atoms with Gasteiger partial charge in [0.05, 0.1) is 13.7 Å². The quantitative estimate of drug-likeness (QED) is 0.309. The van der Waals surface area contributed by atoms with Crippen LogP contribution in [0.15, 0.2) is 78.4 Å². The van der Waals surface area contributed by atoms with E-state index < -0.39 is 5.91 Å². The summed E-state index contributed by atoms with van der Waals surface area (Å²) in [5.41, 5.74) is 2.09. The zero-order chi connectivity index (χ0) is 25.8. The van der Waals surface area contributed by atoms with Crippen molar-refractivity contribution in [3.8, 4) is 23.3 Å². The van der Waals surface area contributed by atoms with Crippen LogP contribution < -0.4 is 24.8 Å². The third kappa shape index (κ3) is 7.64. The van der Waals surface area contributed by atoms with Crippen LogP contribution in [0, 0.1) is 11.3 Å². The Morgan fingerprint density at radius 1 is 0.972 bits per heavy atom. The maximum Gasteiger partial charge on any atom is 0.262 e. The fraction of sp³-hybridized carbons (Fsp3) is 0.179. The highest BCUT2D eigenvalue weighted by atomic mass is 16.5. The van der Waals surface area contributed by atoms with Crippen molar-refractivity contribution in [2.75, 3.05) is 25.6 Å². The Hall–Kier alpha value is -4.77. The van der Waals surface area contributed by atoms with Crippen LogP contribution in [0.1, 0.15) is 18.1 Å². The average molecular weight is 486 g/mol. The van der Waals surface area contributed by atoms with Crippen molar-refractivity contribution in [1.82, 2.24) is 5.32 Å². The fourth-order valence-electron chi connectivity index (χ4n) is 3.21. The molecule has 0 heterocycles. The van der Waals surface area contributed by atoms with E-state index in [1.165, 1.54) is 6.08 Å². The molecule has 0 bridgehead atoms. The molecule has 0 saturated heterocycles. The van der Waals surface area contributed by atoms with Gasteiger partial charge in [-0.15, -0.1) is 0 Å². The Balaban J connectivity index is 1.64. The number of methoxy groups -OCH3 is 1. The van der Waals surface area contributed by atoms with E-state index in [-0.39, 0.29) is 18.1 Å². The SMILES string of the molecule is CCOc1cc(/C=C(\C#N)C(=O)NCc2ccccc2)ccc1OCC(=O)Nc1ccc(OC)cc1. The van der Waals surface area contributed by atoms with Crippen molar-refractivity contribution in [3.63, 3.8) is 0 Å². The molecule has 3 rings (SSSR count). The monoisotopic (exact) mass is 485 g/mol. The van der Waals surface area contributed by atoms with Crippen LogP contribution in [0.4, 0.5) is 5.69 Å². The number of rotatable bonds is 11. The molecule has 2 N–H and O–H groups in total. The van der Waals surface area contributed by atoms with Crippen LogP contribution in [-0.4, -0.2) is 32.1 Å². The van der Waals surface area contributed by atoms with Crippen LogP contribution in [0.25, 0.3) is 6.08 Å². The first-order valence-electron chi connectivity index (χ1n) is 11.3. The first-order chi connectivity index (χ1) is 17.5. The minimum absolute atomic E-state index is 0.0408. The van der Waals surface area contributed by atoms with Gasteiger partial charge in [-0.2, -0.15) is 5.26 Å². The molecule has 0 saturated carbocycles. The Labute approximate surface area is 210 Å². The molecule has 3 aromatic carbocycles. The summed E-state index contributed by atoms with van der Waals surface area (Å²) in [6, 6.07) is 23.3. The van der Waals surface area contributed by atoms with Crippen molar-refractivity contribution in [3.05, 3.63) is 89.5 Å². The molecule has 0 spiro atoms. The van der Waals surface area contributed by atoms with Gasteiger partial charge in [0.2, 0.25) is 0 Å². The van der Waals surface area contributed by atoms with Crippen molar-refractivity contribution in [1.29, 1.82) is 5.26 Å². The van der Waals surface area contributed by atoms with Crippen molar-refractivity contribution in [2.24, 2.45) is 0 Å². The smallest absolute Gasteiger partial charge is 0.262 e. The first kappa shape index (κ1) is 25.8. The van der Waals surface area contributed by atoms with E-state index in [0.717, 1.165) is 5.56 Å². The number of amides is 2. The topological polar surface area (TPSA) is 110 Å². The summed E-state index contributed by atoms with van der Waals surface area (Å²) < 4.78 is 16.4. The van der Waals surface area contributed by atoms with Gasteiger partial charge in [-0.25, -0.2) is 0 Å². The molecule has 8 nitrogen and oxygen atoms in total. The van der Waals surface area contributed by atoms with Gasteiger partial charge in [0, 0.05) is 12.2 Å². The molecular formula is C28H27N3O5. The van der Waals surface area contributed by atoms with Crippen LogP contribution in [0.2, 0.25) is 0 Å². The molecule has 0 unspecified atom stereocenters. The fourth-order valence-corrected chi connectivity index (χ4v) is 3.21. The summed E-state index contributed by atoms with van der Waals surface area (Å²) in [5, 5.41) is 15.0. The minimum atomic E-state index is -0.477. The highest BCUT2D eigenvalue weighted by Gasteiger charge is 2.12. The van der Waals surface area contributed by atoms with E-state index >= 15 is 0 Å². The van der Waals surface area contributed by atoms with Crippen LogP contribution in [0.5, 0.6) is 17.2 Å². The average Bonchev–Trinajstić information content (AvgIpc) is 2.91. The number of hydrogen-bond acceptors (Lipinski definition) is 6. The lowest BCUT2D eigenvalue weighted by atomic mass is 10.1. The van der Waals surface area contributed by atoms with Gasteiger partial charge in [-0.3, -0.25) is 9.59 Å². The molecular weight excluding hydrogens is 458 g/mol. The number of nitrogens with one attached hydrogen (secondary N) is 2. The van der Waals surface area contributed by atoms with E-state index in [9.17, 15) is 14.9 Å². The largest absolute Gasteiger partial charge is 0.497 e. The maximum atomic E-state index is 12.5. The molecule has 0 radical (unpaired) electrons.